The first-order valence-electron chi connectivity index (χ1n) is 6.68. The zero-order valence-corrected chi connectivity index (χ0v) is 17.2. The van der Waals surface area contributed by atoms with E-state index in [0.717, 1.165) is 0 Å². The van der Waals surface area contributed by atoms with Crippen LogP contribution < -0.4 is 4.18 Å². The first-order valence-corrected chi connectivity index (χ1v) is 8.47. The second-order valence-electron chi connectivity index (χ2n) is 5.17. The SMILES string of the molecule is Cc1cc(C)c(-c2cccc(Cl)n2)c(C)c1OS(=O)(=O)C(F)(F)F.I. The maximum atomic E-state index is 12.6. The maximum Gasteiger partial charge on any atom is 0.534 e. The van der Waals surface area contributed by atoms with Crippen molar-refractivity contribution in [2.75, 3.05) is 0 Å². The van der Waals surface area contributed by atoms with E-state index in [2.05, 4.69) is 9.17 Å². The van der Waals surface area contributed by atoms with Crippen molar-refractivity contribution in [2.45, 2.75) is 26.3 Å². The van der Waals surface area contributed by atoms with E-state index in [1.807, 2.05) is 0 Å². The van der Waals surface area contributed by atoms with Crippen LogP contribution in [0.2, 0.25) is 5.15 Å². The van der Waals surface area contributed by atoms with Gasteiger partial charge in [0, 0.05) is 11.1 Å². The average Bonchev–Trinajstić information content (AvgIpc) is 2.42. The Bertz CT molecular complexity index is 902. The van der Waals surface area contributed by atoms with E-state index in [9.17, 15) is 21.6 Å². The van der Waals surface area contributed by atoms with Gasteiger partial charge in [0.1, 0.15) is 10.9 Å². The van der Waals surface area contributed by atoms with Gasteiger partial charge in [0.05, 0.1) is 5.69 Å². The fraction of sp³-hybridized carbons (Fsp3) is 0.267. The first-order chi connectivity index (χ1) is 10.9. The topological polar surface area (TPSA) is 56.3 Å². The van der Waals surface area contributed by atoms with Crippen LogP contribution in [0.5, 0.6) is 5.75 Å². The van der Waals surface area contributed by atoms with E-state index in [-0.39, 0.29) is 46.0 Å². The molecule has 0 aliphatic carbocycles. The molecular weight excluding hydrogens is 494 g/mol. The van der Waals surface area contributed by atoms with Crippen molar-refractivity contribution < 1.29 is 25.8 Å². The molecule has 0 fully saturated rings. The third kappa shape index (κ3) is 4.56. The van der Waals surface area contributed by atoms with Gasteiger partial charge in [-0.3, -0.25) is 0 Å². The van der Waals surface area contributed by atoms with Crippen LogP contribution in [0.3, 0.4) is 0 Å². The van der Waals surface area contributed by atoms with Crippen LogP contribution in [0, 0.1) is 20.8 Å². The minimum atomic E-state index is -5.76. The molecule has 1 heterocycles. The van der Waals surface area contributed by atoms with Crippen molar-refractivity contribution in [3.05, 3.63) is 46.1 Å². The van der Waals surface area contributed by atoms with Gasteiger partial charge in [0.25, 0.3) is 0 Å². The van der Waals surface area contributed by atoms with Crippen LogP contribution in [-0.4, -0.2) is 18.9 Å². The van der Waals surface area contributed by atoms with E-state index in [1.165, 1.54) is 19.9 Å². The summed E-state index contributed by atoms with van der Waals surface area (Å²) in [6, 6.07) is 6.34. The zero-order valence-electron chi connectivity index (χ0n) is 13.3. The molecule has 0 saturated carbocycles. The Morgan fingerprint density at radius 2 is 1.72 bits per heavy atom. The van der Waals surface area contributed by atoms with E-state index in [4.69, 9.17) is 11.6 Å². The number of rotatable bonds is 3. The number of halogens is 5. The largest absolute Gasteiger partial charge is 0.534 e. The van der Waals surface area contributed by atoms with Gasteiger partial charge in [0.15, 0.2) is 0 Å². The Balaban J connectivity index is 0.00000312. The van der Waals surface area contributed by atoms with Crippen molar-refractivity contribution >= 4 is 45.7 Å². The predicted molar refractivity (Wildman–Crippen MR) is 99.9 cm³/mol. The summed E-state index contributed by atoms with van der Waals surface area (Å²) in [5.41, 5.74) is -3.43. The summed E-state index contributed by atoms with van der Waals surface area (Å²) in [6.07, 6.45) is 0. The summed E-state index contributed by atoms with van der Waals surface area (Å²) >= 11 is 5.85. The number of hydrogen-bond donors (Lipinski definition) is 0. The molecule has 25 heavy (non-hydrogen) atoms. The average molecular weight is 508 g/mol. The van der Waals surface area contributed by atoms with Crippen LogP contribution in [0.4, 0.5) is 13.2 Å². The second-order valence-corrected chi connectivity index (χ2v) is 7.09. The van der Waals surface area contributed by atoms with Gasteiger partial charge in [-0.05, 0) is 44.0 Å². The lowest BCUT2D eigenvalue weighted by Gasteiger charge is -2.18. The minimum Gasteiger partial charge on any atom is -0.375 e. The molecule has 4 nitrogen and oxygen atoms in total. The molecule has 0 spiro atoms. The molecular formula is C15H14ClF3INO3S. The van der Waals surface area contributed by atoms with E-state index >= 15 is 0 Å². The van der Waals surface area contributed by atoms with Crippen LogP contribution in [0.1, 0.15) is 16.7 Å². The number of alkyl halides is 3. The van der Waals surface area contributed by atoms with Gasteiger partial charge in [-0.2, -0.15) is 21.6 Å². The Morgan fingerprint density at radius 1 is 1.12 bits per heavy atom. The fourth-order valence-corrected chi connectivity index (χ4v) is 3.13. The van der Waals surface area contributed by atoms with Crippen molar-refractivity contribution in [1.29, 1.82) is 0 Å². The van der Waals surface area contributed by atoms with E-state index < -0.39 is 15.6 Å². The highest BCUT2D eigenvalue weighted by Gasteiger charge is 2.49. The van der Waals surface area contributed by atoms with Gasteiger partial charge in [-0.1, -0.05) is 23.7 Å². The monoisotopic (exact) mass is 507 g/mol. The lowest BCUT2D eigenvalue weighted by molar-refractivity contribution is -0.0500. The molecule has 0 unspecified atom stereocenters. The standard InChI is InChI=1S/C15H13ClF3NO3S.HI/c1-8-7-9(2)14(23-24(21,22)15(17,18)19)10(3)13(8)11-5-4-6-12(16)20-11;/h4-7H,1-3H3;1H. The normalized spacial score (nSPS) is 11.8. The molecule has 0 N–H and O–H groups in total. The molecule has 0 bridgehead atoms. The van der Waals surface area contributed by atoms with Crippen molar-refractivity contribution in [3.63, 3.8) is 0 Å². The molecule has 138 valence electrons. The third-order valence-electron chi connectivity index (χ3n) is 3.35. The summed E-state index contributed by atoms with van der Waals surface area (Å²) in [5.74, 6) is -0.366. The van der Waals surface area contributed by atoms with Crippen molar-refractivity contribution in [3.8, 4) is 17.0 Å². The highest BCUT2D eigenvalue weighted by Crippen LogP contribution is 2.38. The lowest BCUT2D eigenvalue weighted by Crippen LogP contribution is -2.28. The number of aromatic nitrogens is 1. The summed E-state index contributed by atoms with van der Waals surface area (Å²) in [4.78, 5) is 4.12. The van der Waals surface area contributed by atoms with Gasteiger partial charge in [-0.25, -0.2) is 4.98 Å². The molecule has 0 amide bonds. The van der Waals surface area contributed by atoms with Crippen LogP contribution in [-0.2, 0) is 10.1 Å². The third-order valence-corrected chi connectivity index (χ3v) is 4.51. The van der Waals surface area contributed by atoms with Crippen LogP contribution >= 0.6 is 35.6 Å². The quantitative estimate of drug-likeness (QED) is 0.249. The maximum absolute atomic E-state index is 12.6. The Labute approximate surface area is 165 Å². The molecule has 10 heteroatoms. The Hall–Kier alpha value is -1.07. The van der Waals surface area contributed by atoms with Crippen LogP contribution in [0.25, 0.3) is 11.3 Å². The van der Waals surface area contributed by atoms with E-state index in [0.29, 0.717) is 16.8 Å². The molecule has 0 aliphatic heterocycles. The van der Waals surface area contributed by atoms with Gasteiger partial charge < -0.3 is 4.18 Å². The van der Waals surface area contributed by atoms with Gasteiger partial charge >= 0.3 is 15.6 Å². The number of aryl methyl sites for hydroxylation is 2. The van der Waals surface area contributed by atoms with Gasteiger partial charge in [-0.15, -0.1) is 24.0 Å². The minimum absolute atomic E-state index is 0. The highest BCUT2D eigenvalue weighted by molar-refractivity contribution is 14.0. The number of hydrogen-bond acceptors (Lipinski definition) is 4. The Kier molecular flexibility index (Phi) is 6.74. The predicted octanol–water partition coefficient (Wildman–Crippen LogP) is 5.17. The molecule has 2 aromatic rings. The summed E-state index contributed by atoms with van der Waals surface area (Å²) < 4.78 is 64.8. The summed E-state index contributed by atoms with van der Waals surface area (Å²) in [6.45, 7) is 4.68. The lowest BCUT2D eigenvalue weighted by atomic mass is 9.96. The first kappa shape index (κ1) is 22.0. The Morgan fingerprint density at radius 3 is 2.24 bits per heavy atom. The smallest absolute Gasteiger partial charge is 0.375 e. The molecule has 0 aliphatic rings. The highest BCUT2D eigenvalue weighted by atomic mass is 127. The summed E-state index contributed by atoms with van der Waals surface area (Å²) in [7, 11) is -5.76. The summed E-state index contributed by atoms with van der Waals surface area (Å²) in [5, 5.41) is 0.206. The molecule has 1 aromatic heterocycles. The number of benzene rings is 1. The molecule has 2 rings (SSSR count). The van der Waals surface area contributed by atoms with Crippen molar-refractivity contribution in [2.24, 2.45) is 0 Å². The molecule has 0 atom stereocenters. The van der Waals surface area contributed by atoms with Gasteiger partial charge in [0.2, 0.25) is 0 Å². The molecule has 0 saturated heterocycles. The zero-order chi connectivity index (χ0) is 18.3. The molecule has 0 radical (unpaired) electrons. The number of nitrogens with zero attached hydrogens (tertiary/aromatic N) is 1. The van der Waals surface area contributed by atoms with E-state index in [1.54, 1.807) is 25.1 Å². The van der Waals surface area contributed by atoms with Crippen molar-refractivity contribution in [1.82, 2.24) is 4.98 Å². The molecule has 1 aromatic carbocycles. The number of pyridine rings is 1. The fourth-order valence-electron chi connectivity index (χ4n) is 2.39. The second kappa shape index (κ2) is 7.67. The van der Waals surface area contributed by atoms with Crippen LogP contribution in [0.15, 0.2) is 24.3 Å².